The monoisotopic (exact) mass is 166 g/mol. The summed E-state index contributed by atoms with van der Waals surface area (Å²) < 4.78 is 12.8. The smallest absolute Gasteiger partial charge is 0.159 e. The van der Waals surface area contributed by atoms with E-state index < -0.39 is 0 Å². The van der Waals surface area contributed by atoms with Crippen LogP contribution < -0.4 is 0 Å². The minimum Gasteiger partial charge on any atom is -0.295 e. The van der Waals surface area contributed by atoms with Crippen LogP contribution in [0.4, 0.5) is 4.39 Å². The van der Waals surface area contributed by atoms with Gasteiger partial charge in [0.25, 0.3) is 0 Å². The zero-order valence-electron chi connectivity index (χ0n) is 6.85. The van der Waals surface area contributed by atoms with Crippen LogP contribution in [0.25, 0.3) is 0 Å². The van der Waals surface area contributed by atoms with Gasteiger partial charge in [0.2, 0.25) is 0 Å². The maximum absolute atomic E-state index is 12.8. The largest absolute Gasteiger partial charge is 0.295 e. The van der Waals surface area contributed by atoms with Gasteiger partial charge in [-0.1, -0.05) is 6.08 Å². The number of Topliss-reactive ketones (excluding diaryl/α,β-unsaturated/α-hetero) is 1. The van der Waals surface area contributed by atoms with Gasteiger partial charge in [0.15, 0.2) is 5.78 Å². The molecule has 2 aliphatic rings. The highest BCUT2D eigenvalue weighted by atomic mass is 19.1. The van der Waals surface area contributed by atoms with Crippen LogP contribution in [0, 0.1) is 5.92 Å². The Kier molecular flexibility index (Phi) is 1.83. The molecule has 64 valence electrons. The van der Waals surface area contributed by atoms with Crippen molar-refractivity contribution in [3.63, 3.8) is 0 Å². The standard InChI is InChI=1S/C10H11FO/c11-8-4-5-9-7(6-8)2-1-3-10(9)12/h4-5,7H,1-3,6H2. The summed E-state index contributed by atoms with van der Waals surface area (Å²) in [4.78, 5) is 11.3. The second-order valence-corrected chi connectivity index (χ2v) is 3.45. The Labute approximate surface area is 71.0 Å². The van der Waals surface area contributed by atoms with E-state index in [4.69, 9.17) is 0 Å². The summed E-state index contributed by atoms with van der Waals surface area (Å²) in [6, 6.07) is 0. The van der Waals surface area contributed by atoms with E-state index in [1.54, 1.807) is 6.08 Å². The maximum Gasteiger partial charge on any atom is 0.159 e. The summed E-state index contributed by atoms with van der Waals surface area (Å²) in [6.07, 6.45) is 6.07. The molecule has 1 fully saturated rings. The summed E-state index contributed by atoms with van der Waals surface area (Å²) in [5.41, 5.74) is 0.850. The molecule has 1 nitrogen and oxygen atoms in total. The lowest BCUT2D eigenvalue weighted by Crippen LogP contribution is -2.20. The van der Waals surface area contributed by atoms with E-state index in [1.807, 2.05) is 0 Å². The topological polar surface area (TPSA) is 17.1 Å². The van der Waals surface area contributed by atoms with Gasteiger partial charge in [-0.2, -0.15) is 0 Å². The zero-order chi connectivity index (χ0) is 8.55. The lowest BCUT2D eigenvalue weighted by molar-refractivity contribution is -0.117. The average molecular weight is 166 g/mol. The maximum atomic E-state index is 12.8. The van der Waals surface area contributed by atoms with Crippen LogP contribution in [-0.2, 0) is 4.79 Å². The summed E-state index contributed by atoms with van der Waals surface area (Å²) in [6.45, 7) is 0. The first-order chi connectivity index (χ1) is 5.77. The Balaban J connectivity index is 2.28. The molecule has 0 bridgehead atoms. The number of hydrogen-bond donors (Lipinski definition) is 0. The lowest BCUT2D eigenvalue weighted by Gasteiger charge is -2.25. The van der Waals surface area contributed by atoms with Crippen molar-refractivity contribution in [2.24, 2.45) is 5.92 Å². The second kappa shape index (κ2) is 2.85. The number of rotatable bonds is 0. The molecule has 0 aromatic carbocycles. The predicted molar refractivity (Wildman–Crippen MR) is 44.2 cm³/mol. The highest BCUT2D eigenvalue weighted by Gasteiger charge is 2.27. The van der Waals surface area contributed by atoms with Crippen molar-refractivity contribution in [2.75, 3.05) is 0 Å². The zero-order valence-corrected chi connectivity index (χ0v) is 6.85. The van der Waals surface area contributed by atoms with Crippen molar-refractivity contribution >= 4 is 5.78 Å². The normalized spacial score (nSPS) is 29.1. The van der Waals surface area contributed by atoms with Gasteiger partial charge in [-0.25, -0.2) is 4.39 Å². The molecule has 1 saturated carbocycles. The van der Waals surface area contributed by atoms with E-state index in [0.717, 1.165) is 18.4 Å². The Morgan fingerprint density at radius 1 is 1.42 bits per heavy atom. The summed E-state index contributed by atoms with van der Waals surface area (Å²) in [5.74, 6) is 0.310. The minimum atomic E-state index is -0.0848. The van der Waals surface area contributed by atoms with E-state index in [2.05, 4.69) is 0 Å². The second-order valence-electron chi connectivity index (χ2n) is 3.45. The van der Waals surface area contributed by atoms with E-state index in [0.29, 0.717) is 12.8 Å². The third-order valence-electron chi connectivity index (χ3n) is 2.60. The molecule has 1 unspecified atom stereocenters. The van der Waals surface area contributed by atoms with Crippen LogP contribution in [-0.4, -0.2) is 5.78 Å². The number of carbonyl (C=O) groups excluding carboxylic acids is 1. The van der Waals surface area contributed by atoms with Crippen molar-refractivity contribution < 1.29 is 9.18 Å². The molecule has 0 radical (unpaired) electrons. The van der Waals surface area contributed by atoms with E-state index in [9.17, 15) is 9.18 Å². The Morgan fingerprint density at radius 3 is 3.08 bits per heavy atom. The average Bonchev–Trinajstić information content (AvgIpc) is 2.04. The first kappa shape index (κ1) is 7.71. The lowest BCUT2D eigenvalue weighted by atomic mass is 9.79. The fourth-order valence-corrected chi connectivity index (χ4v) is 1.96. The quantitative estimate of drug-likeness (QED) is 0.540. The van der Waals surface area contributed by atoms with Crippen LogP contribution >= 0.6 is 0 Å². The number of hydrogen-bond acceptors (Lipinski definition) is 1. The van der Waals surface area contributed by atoms with Crippen molar-refractivity contribution in [3.05, 3.63) is 23.6 Å². The number of allylic oxidation sites excluding steroid dienone is 4. The van der Waals surface area contributed by atoms with Crippen molar-refractivity contribution in [1.29, 1.82) is 0 Å². The van der Waals surface area contributed by atoms with Gasteiger partial charge in [0, 0.05) is 12.8 Å². The number of carbonyl (C=O) groups is 1. The fourth-order valence-electron chi connectivity index (χ4n) is 1.96. The Bertz CT molecular complexity index is 276. The van der Waals surface area contributed by atoms with Gasteiger partial charge in [-0.15, -0.1) is 0 Å². The van der Waals surface area contributed by atoms with E-state index in [-0.39, 0.29) is 17.5 Å². The molecule has 0 aromatic heterocycles. The molecule has 0 saturated heterocycles. The minimum absolute atomic E-state index is 0.0848. The molecule has 0 amide bonds. The molecule has 0 N–H and O–H groups in total. The van der Waals surface area contributed by atoms with Gasteiger partial charge in [-0.3, -0.25) is 4.79 Å². The number of ketones is 1. The predicted octanol–water partition coefficient (Wildman–Crippen LogP) is 2.54. The highest BCUT2D eigenvalue weighted by molar-refractivity contribution is 5.97. The molecule has 2 aliphatic carbocycles. The molecular formula is C10H11FO. The van der Waals surface area contributed by atoms with Gasteiger partial charge < -0.3 is 0 Å². The van der Waals surface area contributed by atoms with Crippen LogP contribution in [0.3, 0.4) is 0 Å². The third-order valence-corrected chi connectivity index (χ3v) is 2.60. The third kappa shape index (κ3) is 1.22. The number of halogens is 1. The molecule has 0 aliphatic heterocycles. The summed E-state index contributed by atoms with van der Waals surface area (Å²) >= 11 is 0. The molecule has 0 aromatic rings. The molecule has 2 heteroatoms. The van der Waals surface area contributed by atoms with Gasteiger partial charge >= 0.3 is 0 Å². The first-order valence-electron chi connectivity index (χ1n) is 4.37. The van der Waals surface area contributed by atoms with E-state index >= 15 is 0 Å². The van der Waals surface area contributed by atoms with Gasteiger partial charge in [0.1, 0.15) is 5.83 Å². The summed E-state index contributed by atoms with van der Waals surface area (Å²) in [5, 5.41) is 0. The molecule has 0 spiro atoms. The summed E-state index contributed by atoms with van der Waals surface area (Å²) in [7, 11) is 0. The first-order valence-corrected chi connectivity index (χ1v) is 4.37. The van der Waals surface area contributed by atoms with Gasteiger partial charge in [-0.05, 0) is 30.4 Å². The molecule has 2 rings (SSSR count). The van der Waals surface area contributed by atoms with Crippen LogP contribution in [0.1, 0.15) is 25.7 Å². The SMILES string of the molecule is O=C1CCCC2CC(F)=CC=C12. The molecule has 12 heavy (non-hydrogen) atoms. The van der Waals surface area contributed by atoms with Crippen molar-refractivity contribution in [1.82, 2.24) is 0 Å². The van der Waals surface area contributed by atoms with Crippen LogP contribution in [0.15, 0.2) is 23.6 Å². The van der Waals surface area contributed by atoms with Gasteiger partial charge in [0.05, 0.1) is 0 Å². The highest BCUT2D eigenvalue weighted by Crippen LogP contribution is 2.34. The fraction of sp³-hybridized carbons (Fsp3) is 0.500. The molecule has 0 heterocycles. The van der Waals surface area contributed by atoms with E-state index in [1.165, 1.54) is 6.08 Å². The Morgan fingerprint density at radius 2 is 2.25 bits per heavy atom. The van der Waals surface area contributed by atoms with Crippen LogP contribution in [0.5, 0.6) is 0 Å². The molecular weight excluding hydrogens is 155 g/mol. The van der Waals surface area contributed by atoms with Crippen molar-refractivity contribution in [2.45, 2.75) is 25.7 Å². The number of fused-ring (bicyclic) bond motifs is 1. The van der Waals surface area contributed by atoms with Crippen molar-refractivity contribution in [3.8, 4) is 0 Å². The van der Waals surface area contributed by atoms with Crippen LogP contribution in [0.2, 0.25) is 0 Å². The Hall–Kier alpha value is -0.920. The molecule has 1 atom stereocenters.